The van der Waals surface area contributed by atoms with Gasteiger partial charge in [-0.05, 0) is 58.8 Å². The first-order chi connectivity index (χ1) is 12.6. The molecule has 0 unspecified atom stereocenters. The van der Waals surface area contributed by atoms with Gasteiger partial charge in [-0.2, -0.15) is 0 Å². The number of nitrogens with one attached hydrogen (secondary N) is 1. The molecule has 0 saturated carbocycles. The van der Waals surface area contributed by atoms with Gasteiger partial charge in [0.2, 0.25) is 0 Å². The third kappa shape index (κ3) is 5.77. The summed E-state index contributed by atoms with van der Waals surface area (Å²) in [6, 6.07) is 4.01. The number of aliphatic imine (C=N–C) groups is 1. The highest BCUT2D eigenvalue weighted by molar-refractivity contribution is 9.10. The fourth-order valence-corrected chi connectivity index (χ4v) is 3.81. The molecule has 1 heterocycles. The van der Waals surface area contributed by atoms with Crippen LogP contribution in [0.25, 0.3) is 0 Å². The van der Waals surface area contributed by atoms with E-state index >= 15 is 0 Å². The van der Waals surface area contributed by atoms with E-state index in [2.05, 4.69) is 38.2 Å². The third-order valence-electron chi connectivity index (χ3n) is 4.73. The van der Waals surface area contributed by atoms with Crippen molar-refractivity contribution >= 4 is 21.9 Å². The maximum Gasteiger partial charge on any atom is 0.193 e. The molecule has 0 bridgehead atoms. The van der Waals surface area contributed by atoms with Gasteiger partial charge >= 0.3 is 0 Å². The molecular formula is C19H30BrN3O3. The number of hydrogen-bond acceptors (Lipinski definition) is 4. The van der Waals surface area contributed by atoms with Crippen LogP contribution in [0, 0.1) is 5.92 Å². The van der Waals surface area contributed by atoms with Gasteiger partial charge in [-0.1, -0.05) is 0 Å². The van der Waals surface area contributed by atoms with E-state index in [1.807, 2.05) is 19.2 Å². The van der Waals surface area contributed by atoms with E-state index in [1.165, 1.54) is 19.3 Å². The minimum Gasteiger partial charge on any atom is -0.493 e. The molecule has 1 aromatic rings. The first-order valence-electron chi connectivity index (χ1n) is 8.99. The van der Waals surface area contributed by atoms with Gasteiger partial charge in [0, 0.05) is 40.4 Å². The van der Waals surface area contributed by atoms with Crippen molar-refractivity contribution in [2.45, 2.75) is 25.8 Å². The molecule has 0 spiro atoms. The second kappa shape index (κ2) is 10.6. The molecule has 1 saturated heterocycles. The summed E-state index contributed by atoms with van der Waals surface area (Å²) >= 11 is 3.54. The predicted octanol–water partition coefficient (Wildman–Crippen LogP) is 3.29. The SMILES string of the molecule is CN=C(NCc1cc(Br)c(OC)c(OC)c1)N(C)CCC1CCOCC1. The molecule has 146 valence electrons. The summed E-state index contributed by atoms with van der Waals surface area (Å²) in [4.78, 5) is 6.59. The highest BCUT2D eigenvalue weighted by Crippen LogP contribution is 2.36. The van der Waals surface area contributed by atoms with E-state index in [4.69, 9.17) is 14.2 Å². The Hall–Kier alpha value is -1.47. The van der Waals surface area contributed by atoms with E-state index in [1.54, 1.807) is 14.2 Å². The fourth-order valence-electron chi connectivity index (χ4n) is 3.16. The van der Waals surface area contributed by atoms with Gasteiger partial charge < -0.3 is 24.4 Å². The van der Waals surface area contributed by atoms with Crippen LogP contribution in [0.3, 0.4) is 0 Å². The molecule has 1 fully saturated rings. The second-order valence-corrected chi connectivity index (χ2v) is 7.33. The lowest BCUT2D eigenvalue weighted by Crippen LogP contribution is -2.39. The molecule has 1 aromatic carbocycles. The summed E-state index contributed by atoms with van der Waals surface area (Å²) in [6.07, 6.45) is 3.50. The van der Waals surface area contributed by atoms with Crippen LogP contribution in [0.15, 0.2) is 21.6 Å². The molecule has 0 amide bonds. The normalized spacial score (nSPS) is 15.7. The number of hydrogen-bond donors (Lipinski definition) is 1. The van der Waals surface area contributed by atoms with E-state index in [9.17, 15) is 0 Å². The summed E-state index contributed by atoms with van der Waals surface area (Å²) < 4.78 is 17.1. The molecule has 6 nitrogen and oxygen atoms in total. The number of methoxy groups -OCH3 is 2. The van der Waals surface area contributed by atoms with Crippen molar-refractivity contribution < 1.29 is 14.2 Å². The molecular weight excluding hydrogens is 398 g/mol. The Morgan fingerprint density at radius 1 is 1.31 bits per heavy atom. The zero-order valence-corrected chi connectivity index (χ0v) is 17.8. The van der Waals surface area contributed by atoms with Crippen molar-refractivity contribution in [2.24, 2.45) is 10.9 Å². The molecule has 26 heavy (non-hydrogen) atoms. The minimum atomic E-state index is 0.660. The number of benzene rings is 1. The summed E-state index contributed by atoms with van der Waals surface area (Å²) in [6.45, 7) is 3.44. The van der Waals surface area contributed by atoms with Gasteiger partial charge in [-0.25, -0.2) is 0 Å². The van der Waals surface area contributed by atoms with Crippen LogP contribution >= 0.6 is 15.9 Å². The quantitative estimate of drug-likeness (QED) is 0.534. The summed E-state index contributed by atoms with van der Waals surface area (Å²) in [5.41, 5.74) is 1.09. The molecule has 7 heteroatoms. The molecule has 1 aliphatic heterocycles. The number of rotatable bonds is 7. The lowest BCUT2D eigenvalue weighted by molar-refractivity contribution is 0.0625. The highest BCUT2D eigenvalue weighted by Gasteiger charge is 2.16. The van der Waals surface area contributed by atoms with Gasteiger partial charge in [0.1, 0.15) is 0 Å². The van der Waals surface area contributed by atoms with Crippen molar-refractivity contribution in [3.63, 3.8) is 0 Å². The van der Waals surface area contributed by atoms with E-state index in [-0.39, 0.29) is 0 Å². The van der Waals surface area contributed by atoms with Crippen LogP contribution in [0.2, 0.25) is 0 Å². The topological polar surface area (TPSA) is 55.3 Å². The Kier molecular flexibility index (Phi) is 8.51. The van der Waals surface area contributed by atoms with Crippen molar-refractivity contribution in [1.29, 1.82) is 0 Å². The van der Waals surface area contributed by atoms with Crippen molar-refractivity contribution in [3.8, 4) is 11.5 Å². The van der Waals surface area contributed by atoms with Gasteiger partial charge in [-0.15, -0.1) is 0 Å². The zero-order chi connectivity index (χ0) is 18.9. The standard InChI is InChI=1S/C19H30BrN3O3/c1-21-19(23(2)8-5-14-6-9-26-10-7-14)22-13-15-11-16(20)18(25-4)17(12-15)24-3/h11-12,14H,5-10,13H2,1-4H3,(H,21,22). The molecule has 1 aliphatic rings. The van der Waals surface area contributed by atoms with Crippen LogP contribution in [0.4, 0.5) is 0 Å². The second-order valence-electron chi connectivity index (χ2n) is 6.48. The Morgan fingerprint density at radius 2 is 2.04 bits per heavy atom. The Balaban J connectivity index is 1.90. The van der Waals surface area contributed by atoms with Crippen LogP contribution in [0.5, 0.6) is 11.5 Å². The first-order valence-corrected chi connectivity index (χ1v) is 9.78. The van der Waals surface area contributed by atoms with Gasteiger partial charge in [-0.3, -0.25) is 4.99 Å². The predicted molar refractivity (Wildman–Crippen MR) is 108 cm³/mol. The Bertz CT molecular complexity index is 604. The molecule has 0 radical (unpaired) electrons. The molecule has 0 aromatic heterocycles. The van der Waals surface area contributed by atoms with Crippen LogP contribution in [-0.2, 0) is 11.3 Å². The van der Waals surface area contributed by atoms with Crippen LogP contribution < -0.4 is 14.8 Å². The van der Waals surface area contributed by atoms with Crippen molar-refractivity contribution in [1.82, 2.24) is 10.2 Å². The average molecular weight is 428 g/mol. The largest absolute Gasteiger partial charge is 0.493 e. The van der Waals surface area contributed by atoms with Crippen LogP contribution in [-0.4, -0.2) is 58.9 Å². The Labute approximate surface area is 165 Å². The summed E-state index contributed by atoms with van der Waals surface area (Å²) in [5.74, 6) is 3.06. The lowest BCUT2D eigenvalue weighted by Gasteiger charge is -2.27. The van der Waals surface area contributed by atoms with Gasteiger partial charge in [0.05, 0.1) is 18.7 Å². The van der Waals surface area contributed by atoms with E-state index < -0.39 is 0 Å². The van der Waals surface area contributed by atoms with Crippen molar-refractivity contribution in [3.05, 3.63) is 22.2 Å². The number of nitrogens with zero attached hydrogens (tertiary/aromatic N) is 2. The maximum absolute atomic E-state index is 5.44. The average Bonchev–Trinajstić information content (AvgIpc) is 2.67. The smallest absolute Gasteiger partial charge is 0.193 e. The lowest BCUT2D eigenvalue weighted by atomic mass is 9.96. The van der Waals surface area contributed by atoms with Gasteiger partial charge in [0.25, 0.3) is 0 Å². The zero-order valence-electron chi connectivity index (χ0n) is 16.2. The monoisotopic (exact) mass is 427 g/mol. The molecule has 1 N–H and O–H groups in total. The molecule has 0 aliphatic carbocycles. The highest BCUT2D eigenvalue weighted by atomic mass is 79.9. The Morgan fingerprint density at radius 3 is 2.65 bits per heavy atom. The van der Waals surface area contributed by atoms with Crippen molar-refractivity contribution in [2.75, 3.05) is 48.1 Å². The summed E-state index contributed by atoms with van der Waals surface area (Å²) in [7, 11) is 7.18. The first kappa shape index (κ1) is 20.8. The molecule has 2 rings (SSSR count). The number of ether oxygens (including phenoxy) is 3. The maximum atomic E-state index is 5.44. The minimum absolute atomic E-state index is 0.660. The fraction of sp³-hybridized carbons (Fsp3) is 0.632. The number of halogens is 1. The van der Waals surface area contributed by atoms with Gasteiger partial charge in [0.15, 0.2) is 17.5 Å². The van der Waals surface area contributed by atoms with E-state index in [0.717, 1.165) is 41.7 Å². The third-order valence-corrected chi connectivity index (χ3v) is 5.32. The summed E-state index contributed by atoms with van der Waals surface area (Å²) in [5, 5.41) is 3.42. The van der Waals surface area contributed by atoms with E-state index in [0.29, 0.717) is 18.0 Å². The van der Waals surface area contributed by atoms with Crippen LogP contribution in [0.1, 0.15) is 24.8 Å². The number of guanidine groups is 1. The molecule has 0 atom stereocenters.